The highest BCUT2D eigenvalue weighted by Crippen LogP contribution is 2.26. The molecule has 0 amide bonds. The Morgan fingerprint density at radius 3 is 2.56 bits per heavy atom. The quantitative estimate of drug-likeness (QED) is 0.248. The average molecular weight is 483 g/mol. The number of thioether (sulfide) groups is 1. The Balaban J connectivity index is 1.76. The van der Waals surface area contributed by atoms with Crippen molar-refractivity contribution < 1.29 is 13.5 Å². The smallest absolute Gasteiger partial charge is 0.313 e. The molecule has 4 rings (SSSR count). The molecule has 0 aliphatic rings. The Kier molecular flexibility index (Phi) is 7.12. The predicted octanol–water partition coefficient (Wildman–Crippen LogP) is 5.38. The zero-order chi connectivity index (χ0) is 24.2. The standard InChI is InChI=1S/C25H24F2N4O2S/c1-16(2)14-30(3)31-23-18(13-28-25(29-23)34-15-17-7-5-4-6-8-17)11-22(24(31)32)33-21-10-9-19(26)12-20(21)27/h4-13,16H,14-15H2,1-3H3. The molecule has 0 saturated carbocycles. The van der Waals surface area contributed by atoms with Crippen molar-refractivity contribution in [3.63, 3.8) is 0 Å². The van der Waals surface area contributed by atoms with Crippen LogP contribution in [0.2, 0.25) is 0 Å². The van der Waals surface area contributed by atoms with Gasteiger partial charge in [0, 0.05) is 37.0 Å². The number of benzene rings is 2. The molecule has 6 nitrogen and oxygen atoms in total. The Morgan fingerprint density at radius 1 is 1.09 bits per heavy atom. The van der Waals surface area contributed by atoms with E-state index in [0.717, 1.165) is 17.7 Å². The molecule has 34 heavy (non-hydrogen) atoms. The van der Waals surface area contributed by atoms with Crippen LogP contribution in [0.1, 0.15) is 19.4 Å². The van der Waals surface area contributed by atoms with Gasteiger partial charge >= 0.3 is 5.56 Å². The van der Waals surface area contributed by atoms with E-state index in [2.05, 4.69) is 9.97 Å². The van der Waals surface area contributed by atoms with Gasteiger partial charge in [-0.1, -0.05) is 55.9 Å². The molecule has 0 aliphatic heterocycles. The summed E-state index contributed by atoms with van der Waals surface area (Å²) in [4.78, 5) is 22.5. The molecule has 0 aliphatic carbocycles. The van der Waals surface area contributed by atoms with E-state index < -0.39 is 17.2 Å². The number of rotatable bonds is 8. The van der Waals surface area contributed by atoms with Gasteiger partial charge in [0.05, 0.1) is 0 Å². The van der Waals surface area contributed by atoms with Crippen LogP contribution in [-0.4, -0.2) is 28.2 Å². The highest BCUT2D eigenvalue weighted by molar-refractivity contribution is 7.98. The first-order valence-electron chi connectivity index (χ1n) is 10.8. The maximum Gasteiger partial charge on any atom is 0.313 e. The third-order valence-electron chi connectivity index (χ3n) is 4.96. The van der Waals surface area contributed by atoms with Crippen LogP contribution in [-0.2, 0) is 5.75 Å². The maximum absolute atomic E-state index is 14.2. The first-order chi connectivity index (χ1) is 16.3. The van der Waals surface area contributed by atoms with E-state index in [4.69, 9.17) is 4.74 Å². The van der Waals surface area contributed by atoms with E-state index in [1.165, 1.54) is 22.5 Å². The van der Waals surface area contributed by atoms with Crippen molar-refractivity contribution in [2.45, 2.75) is 24.8 Å². The van der Waals surface area contributed by atoms with Crippen molar-refractivity contribution in [2.24, 2.45) is 5.92 Å². The van der Waals surface area contributed by atoms with E-state index in [0.29, 0.717) is 34.6 Å². The Hall–Kier alpha value is -3.46. The summed E-state index contributed by atoms with van der Waals surface area (Å²) in [6.07, 6.45) is 1.61. The summed E-state index contributed by atoms with van der Waals surface area (Å²) < 4.78 is 34.5. The molecule has 0 saturated heterocycles. The zero-order valence-electron chi connectivity index (χ0n) is 19.0. The molecule has 2 aromatic carbocycles. The van der Waals surface area contributed by atoms with Crippen molar-refractivity contribution in [3.8, 4) is 11.5 Å². The van der Waals surface area contributed by atoms with E-state index in [9.17, 15) is 13.6 Å². The van der Waals surface area contributed by atoms with Crippen molar-refractivity contribution in [3.05, 3.63) is 88.3 Å². The predicted molar refractivity (Wildman–Crippen MR) is 130 cm³/mol. The Morgan fingerprint density at radius 2 is 1.85 bits per heavy atom. The first kappa shape index (κ1) is 23.7. The topological polar surface area (TPSA) is 60.2 Å². The van der Waals surface area contributed by atoms with Crippen molar-refractivity contribution in [1.29, 1.82) is 0 Å². The van der Waals surface area contributed by atoms with Gasteiger partial charge in [0.1, 0.15) is 5.82 Å². The molecule has 2 heterocycles. The average Bonchev–Trinajstić information content (AvgIpc) is 2.80. The fourth-order valence-electron chi connectivity index (χ4n) is 3.51. The summed E-state index contributed by atoms with van der Waals surface area (Å²) >= 11 is 1.47. The van der Waals surface area contributed by atoms with Crippen LogP contribution in [0.3, 0.4) is 0 Å². The van der Waals surface area contributed by atoms with Crippen LogP contribution in [0, 0.1) is 17.6 Å². The fourth-order valence-corrected chi connectivity index (χ4v) is 4.28. The van der Waals surface area contributed by atoms with Gasteiger partial charge in [-0.25, -0.2) is 18.7 Å². The van der Waals surface area contributed by atoms with Gasteiger partial charge in [0.15, 0.2) is 28.1 Å². The monoisotopic (exact) mass is 482 g/mol. The van der Waals surface area contributed by atoms with Gasteiger partial charge in [-0.2, -0.15) is 4.68 Å². The highest BCUT2D eigenvalue weighted by Gasteiger charge is 2.18. The van der Waals surface area contributed by atoms with Gasteiger partial charge < -0.3 is 9.75 Å². The molecule has 0 bridgehead atoms. The van der Waals surface area contributed by atoms with Crippen LogP contribution in [0.5, 0.6) is 11.5 Å². The Labute approximate surface area is 200 Å². The van der Waals surface area contributed by atoms with Gasteiger partial charge in [-0.15, -0.1) is 0 Å². The van der Waals surface area contributed by atoms with Crippen molar-refractivity contribution in [1.82, 2.24) is 14.6 Å². The largest absolute Gasteiger partial charge is 0.448 e. The van der Waals surface area contributed by atoms with Gasteiger partial charge in [0.25, 0.3) is 0 Å². The molecule has 2 aromatic heterocycles. The summed E-state index contributed by atoms with van der Waals surface area (Å²) in [5.41, 5.74) is 1.05. The lowest BCUT2D eigenvalue weighted by Gasteiger charge is -2.25. The normalized spacial score (nSPS) is 11.2. The molecule has 0 fully saturated rings. The molecule has 0 spiro atoms. The van der Waals surface area contributed by atoms with Crippen LogP contribution in [0.15, 0.2) is 70.7 Å². The minimum Gasteiger partial charge on any atom is -0.448 e. The second-order valence-electron chi connectivity index (χ2n) is 8.24. The zero-order valence-corrected chi connectivity index (χ0v) is 19.9. The van der Waals surface area contributed by atoms with Crippen molar-refractivity contribution in [2.75, 3.05) is 18.6 Å². The third kappa shape index (κ3) is 5.36. The highest BCUT2D eigenvalue weighted by atomic mass is 32.2. The summed E-state index contributed by atoms with van der Waals surface area (Å²) in [7, 11) is 1.78. The van der Waals surface area contributed by atoms with Crippen LogP contribution in [0.25, 0.3) is 11.0 Å². The molecule has 4 aromatic rings. The van der Waals surface area contributed by atoms with Gasteiger partial charge in [-0.05, 0) is 29.7 Å². The van der Waals surface area contributed by atoms with E-state index in [1.807, 2.05) is 44.2 Å². The minimum atomic E-state index is -0.898. The van der Waals surface area contributed by atoms with Crippen LogP contribution < -0.4 is 15.3 Å². The number of fused-ring (bicyclic) bond motifs is 1. The second-order valence-corrected chi connectivity index (χ2v) is 9.18. The van der Waals surface area contributed by atoms with E-state index in [-0.39, 0.29) is 17.4 Å². The minimum absolute atomic E-state index is 0.109. The summed E-state index contributed by atoms with van der Waals surface area (Å²) in [6, 6.07) is 14.4. The number of hydrogen-bond acceptors (Lipinski definition) is 6. The molecule has 9 heteroatoms. The Bertz CT molecular complexity index is 1360. The summed E-state index contributed by atoms with van der Waals surface area (Å²) in [5, 5.41) is 2.83. The number of nitrogens with zero attached hydrogens (tertiary/aromatic N) is 4. The van der Waals surface area contributed by atoms with Gasteiger partial charge in [-0.3, -0.25) is 4.79 Å². The molecular weight excluding hydrogens is 458 g/mol. The number of pyridine rings is 1. The molecule has 176 valence electrons. The number of ether oxygens (including phenoxy) is 1. The van der Waals surface area contributed by atoms with Crippen molar-refractivity contribution >= 4 is 22.8 Å². The fraction of sp³-hybridized carbons (Fsp3) is 0.240. The lowest BCUT2D eigenvalue weighted by molar-refractivity contribution is 0.426. The summed E-state index contributed by atoms with van der Waals surface area (Å²) in [5.74, 6) is -1.03. The molecule has 0 atom stereocenters. The molecule has 0 radical (unpaired) electrons. The number of aromatic nitrogens is 3. The SMILES string of the molecule is CC(C)CN(C)n1c(=O)c(Oc2ccc(F)cc2F)cc2cnc(SCc3ccccc3)nc21. The van der Waals surface area contributed by atoms with E-state index >= 15 is 0 Å². The lowest BCUT2D eigenvalue weighted by atomic mass is 10.2. The number of halogens is 2. The van der Waals surface area contributed by atoms with Gasteiger partial charge in [0.2, 0.25) is 0 Å². The van der Waals surface area contributed by atoms with Crippen LogP contribution >= 0.6 is 11.8 Å². The molecular formula is C25H24F2N4O2S. The summed E-state index contributed by atoms with van der Waals surface area (Å²) in [6.45, 7) is 4.64. The third-order valence-corrected chi connectivity index (χ3v) is 5.89. The van der Waals surface area contributed by atoms with Crippen LogP contribution in [0.4, 0.5) is 8.78 Å². The molecule has 0 N–H and O–H groups in total. The lowest BCUT2D eigenvalue weighted by Crippen LogP contribution is -2.42. The first-order valence-corrected chi connectivity index (χ1v) is 11.7. The number of hydrogen-bond donors (Lipinski definition) is 0. The maximum atomic E-state index is 14.2. The molecule has 0 unspecified atom stereocenters. The van der Waals surface area contributed by atoms with E-state index in [1.54, 1.807) is 18.3 Å². The second kappa shape index (κ2) is 10.2.